The molecule has 186 valence electrons. The third-order valence-corrected chi connectivity index (χ3v) is 6.47. The van der Waals surface area contributed by atoms with Crippen molar-refractivity contribution in [3.8, 4) is 5.75 Å². The minimum absolute atomic E-state index is 0.0588. The first-order chi connectivity index (χ1) is 17.6. The number of aromatic nitrogens is 2. The molecule has 0 bridgehead atoms. The van der Waals surface area contributed by atoms with Crippen molar-refractivity contribution in [3.05, 3.63) is 101 Å². The summed E-state index contributed by atoms with van der Waals surface area (Å²) in [6.07, 6.45) is 7.27. The average Bonchev–Trinajstić information content (AvgIpc) is 3.25. The number of carbonyl (C=O) groups excluding carboxylic acids is 1. The fourth-order valence-electron chi connectivity index (χ4n) is 4.12. The number of imidazole rings is 1. The number of hydrogen-bond donors (Lipinski definition) is 1. The van der Waals surface area contributed by atoms with Crippen molar-refractivity contribution >= 4 is 34.6 Å². The van der Waals surface area contributed by atoms with Crippen molar-refractivity contribution < 1.29 is 9.53 Å². The predicted molar refractivity (Wildman–Crippen MR) is 147 cm³/mol. The number of nitrogens with zero attached hydrogens (tertiary/aromatic N) is 2. The molecule has 0 atom stereocenters. The Morgan fingerprint density at radius 1 is 1.03 bits per heavy atom. The number of unbranched alkanes of at least 4 members (excludes halogenated alkanes) is 2. The molecule has 0 unspecified atom stereocenters. The molecule has 0 saturated carbocycles. The highest BCUT2D eigenvalue weighted by atomic mass is 35.5. The Balaban J connectivity index is 1.24. The molecule has 4 rings (SSSR count). The lowest BCUT2D eigenvalue weighted by molar-refractivity contribution is -0.116. The number of fused-ring (bicyclic) bond motifs is 1. The van der Waals surface area contributed by atoms with Gasteiger partial charge in [0.05, 0.1) is 17.6 Å². The summed E-state index contributed by atoms with van der Waals surface area (Å²) in [6, 6.07) is 23.8. The second-order valence-electron chi connectivity index (χ2n) is 8.77. The number of amides is 1. The maximum Gasteiger partial charge on any atom is 0.243 e. The Labute approximate surface area is 217 Å². The molecule has 1 heterocycles. The van der Waals surface area contributed by atoms with Gasteiger partial charge >= 0.3 is 0 Å². The summed E-state index contributed by atoms with van der Waals surface area (Å²) < 4.78 is 8.25. The molecule has 0 aliphatic heterocycles. The molecular weight excluding hydrogens is 470 g/mol. The van der Waals surface area contributed by atoms with E-state index in [2.05, 4.69) is 22.0 Å². The number of halogens is 1. The molecule has 3 aromatic carbocycles. The van der Waals surface area contributed by atoms with Gasteiger partial charge in [-0.2, -0.15) is 0 Å². The Morgan fingerprint density at radius 3 is 2.67 bits per heavy atom. The van der Waals surface area contributed by atoms with Gasteiger partial charge in [-0.3, -0.25) is 4.79 Å². The van der Waals surface area contributed by atoms with Gasteiger partial charge in [0.15, 0.2) is 0 Å². The zero-order valence-corrected chi connectivity index (χ0v) is 21.4. The van der Waals surface area contributed by atoms with E-state index in [0.29, 0.717) is 13.2 Å². The van der Waals surface area contributed by atoms with Crippen LogP contribution in [0.2, 0.25) is 5.02 Å². The minimum Gasteiger partial charge on any atom is -0.492 e. The van der Waals surface area contributed by atoms with E-state index in [9.17, 15) is 4.79 Å². The molecule has 1 amide bonds. The van der Waals surface area contributed by atoms with E-state index in [1.807, 2.05) is 73.7 Å². The molecule has 0 saturated heterocycles. The van der Waals surface area contributed by atoms with Gasteiger partial charge in [0.25, 0.3) is 0 Å². The molecule has 0 radical (unpaired) electrons. The van der Waals surface area contributed by atoms with Crippen molar-refractivity contribution in [1.29, 1.82) is 0 Å². The molecule has 6 heteroatoms. The van der Waals surface area contributed by atoms with Gasteiger partial charge < -0.3 is 14.6 Å². The molecule has 36 heavy (non-hydrogen) atoms. The second kappa shape index (κ2) is 12.9. The van der Waals surface area contributed by atoms with Crippen molar-refractivity contribution in [2.45, 2.75) is 39.2 Å². The number of benzene rings is 3. The lowest BCUT2D eigenvalue weighted by Gasteiger charge is -2.12. The van der Waals surface area contributed by atoms with Gasteiger partial charge in [-0.1, -0.05) is 60.5 Å². The first kappa shape index (κ1) is 25.5. The molecule has 4 aromatic rings. The normalized spacial score (nSPS) is 11.3. The predicted octanol–water partition coefficient (Wildman–Crippen LogP) is 6.62. The largest absolute Gasteiger partial charge is 0.492 e. The highest BCUT2D eigenvalue weighted by molar-refractivity contribution is 6.31. The van der Waals surface area contributed by atoms with Crippen molar-refractivity contribution in [1.82, 2.24) is 14.9 Å². The number of nitrogens with one attached hydrogen (secondary N) is 1. The van der Waals surface area contributed by atoms with Gasteiger partial charge in [0.2, 0.25) is 5.91 Å². The van der Waals surface area contributed by atoms with Crippen molar-refractivity contribution in [3.63, 3.8) is 0 Å². The fourth-order valence-corrected chi connectivity index (χ4v) is 4.24. The van der Waals surface area contributed by atoms with Crippen LogP contribution in [0.3, 0.4) is 0 Å². The van der Waals surface area contributed by atoms with Gasteiger partial charge in [-0.15, -0.1) is 0 Å². The van der Waals surface area contributed by atoms with Crippen molar-refractivity contribution in [2.24, 2.45) is 0 Å². The van der Waals surface area contributed by atoms with Gasteiger partial charge in [0.1, 0.15) is 18.2 Å². The minimum atomic E-state index is -0.0588. The smallest absolute Gasteiger partial charge is 0.243 e. The third-order valence-electron chi connectivity index (χ3n) is 6.05. The van der Waals surface area contributed by atoms with Crippen LogP contribution in [0.1, 0.15) is 36.2 Å². The Bertz CT molecular complexity index is 1310. The van der Waals surface area contributed by atoms with E-state index in [0.717, 1.165) is 71.0 Å². The monoisotopic (exact) mass is 501 g/mol. The molecule has 5 nitrogen and oxygen atoms in total. The molecular formula is C30H32ClN3O2. The van der Waals surface area contributed by atoms with Crippen LogP contribution in [0.4, 0.5) is 0 Å². The lowest BCUT2D eigenvalue weighted by Crippen LogP contribution is -2.22. The first-order valence-electron chi connectivity index (χ1n) is 12.4. The average molecular weight is 502 g/mol. The number of ether oxygens (including phenoxy) is 1. The maximum atomic E-state index is 12.0. The molecule has 0 aliphatic rings. The van der Waals surface area contributed by atoms with Gasteiger partial charge in [0, 0.05) is 24.1 Å². The number of hydrogen-bond acceptors (Lipinski definition) is 3. The summed E-state index contributed by atoms with van der Waals surface area (Å²) in [4.78, 5) is 16.9. The quantitative estimate of drug-likeness (QED) is 0.175. The van der Waals surface area contributed by atoms with Crippen LogP contribution in [0.5, 0.6) is 5.75 Å². The summed E-state index contributed by atoms with van der Waals surface area (Å²) in [7, 11) is 0. The molecule has 0 fully saturated rings. The van der Waals surface area contributed by atoms with Crippen LogP contribution in [-0.2, 0) is 17.8 Å². The summed E-state index contributed by atoms with van der Waals surface area (Å²) in [6.45, 7) is 3.92. The van der Waals surface area contributed by atoms with Gasteiger partial charge in [-0.05, 0) is 67.3 Å². The summed E-state index contributed by atoms with van der Waals surface area (Å²) in [5, 5.41) is 3.71. The van der Waals surface area contributed by atoms with Crippen LogP contribution < -0.4 is 10.1 Å². The zero-order chi connectivity index (χ0) is 25.2. The van der Waals surface area contributed by atoms with Crippen LogP contribution >= 0.6 is 11.6 Å². The van der Waals surface area contributed by atoms with E-state index in [4.69, 9.17) is 21.3 Å². The Hall–Kier alpha value is -3.57. The van der Waals surface area contributed by atoms with Gasteiger partial charge in [-0.25, -0.2) is 4.98 Å². The maximum absolute atomic E-state index is 12.0. The fraction of sp³-hybridized carbons (Fsp3) is 0.267. The molecule has 0 aliphatic carbocycles. The summed E-state index contributed by atoms with van der Waals surface area (Å²) in [5.74, 6) is 1.84. The Morgan fingerprint density at radius 2 is 1.83 bits per heavy atom. The van der Waals surface area contributed by atoms with E-state index in [-0.39, 0.29) is 5.91 Å². The Kier molecular flexibility index (Phi) is 9.17. The van der Waals surface area contributed by atoms with Crippen LogP contribution in [-0.4, -0.2) is 28.6 Å². The number of para-hydroxylation sites is 2. The number of carbonyl (C=O) groups is 1. The highest BCUT2D eigenvalue weighted by Gasteiger charge is 2.10. The zero-order valence-electron chi connectivity index (χ0n) is 20.6. The van der Waals surface area contributed by atoms with Crippen molar-refractivity contribution in [2.75, 3.05) is 13.2 Å². The molecule has 1 aromatic heterocycles. The SMILES string of the molecule is Cc1cc(OCCn2c(CCCCCNC(=O)/C=C/c3ccccc3)nc3ccccc32)ccc1Cl. The van der Waals surface area contributed by atoms with E-state index in [1.165, 1.54) is 0 Å². The van der Waals surface area contributed by atoms with Crippen LogP contribution in [0.15, 0.2) is 78.9 Å². The molecule has 1 N–H and O–H groups in total. The number of aryl methyl sites for hydroxylation is 2. The third kappa shape index (κ3) is 7.22. The number of rotatable bonds is 12. The van der Waals surface area contributed by atoms with Crippen LogP contribution in [0, 0.1) is 6.92 Å². The molecule has 0 spiro atoms. The summed E-state index contributed by atoms with van der Waals surface area (Å²) >= 11 is 6.12. The van der Waals surface area contributed by atoms with Crippen LogP contribution in [0.25, 0.3) is 17.1 Å². The second-order valence-corrected chi connectivity index (χ2v) is 9.18. The first-order valence-corrected chi connectivity index (χ1v) is 12.8. The summed E-state index contributed by atoms with van der Waals surface area (Å²) in [5.41, 5.74) is 4.16. The lowest BCUT2D eigenvalue weighted by atomic mass is 10.2. The standard InChI is InChI=1S/C30H32ClN3O2/c1-23-22-25(16-17-26(23)31)36-21-20-34-28-13-8-7-12-27(28)33-29(34)14-6-3-9-19-32-30(35)18-15-24-10-4-2-5-11-24/h2,4-5,7-8,10-13,15-18,22H,3,6,9,14,19-21H2,1H3,(H,32,35)/b18-15+. The van der Waals surface area contributed by atoms with E-state index in [1.54, 1.807) is 6.08 Å². The topological polar surface area (TPSA) is 56.1 Å². The van der Waals surface area contributed by atoms with E-state index >= 15 is 0 Å². The van der Waals surface area contributed by atoms with E-state index < -0.39 is 0 Å². The highest BCUT2D eigenvalue weighted by Crippen LogP contribution is 2.22.